The topological polar surface area (TPSA) is 49.7 Å². The molecule has 2 N–H and O–H groups in total. The molecule has 0 aliphatic carbocycles. The van der Waals surface area contributed by atoms with E-state index in [1.165, 1.54) is 0 Å². The first-order chi connectivity index (χ1) is 7.15. The molecule has 0 amide bonds. The summed E-state index contributed by atoms with van der Waals surface area (Å²) in [5.41, 5.74) is 1.32. The van der Waals surface area contributed by atoms with E-state index in [0.717, 1.165) is 11.3 Å². The lowest BCUT2D eigenvalue weighted by Gasteiger charge is -2.08. The average molecular weight is 206 g/mol. The van der Waals surface area contributed by atoms with E-state index in [2.05, 4.69) is 0 Å². The third-order valence-electron chi connectivity index (χ3n) is 2.10. The van der Waals surface area contributed by atoms with Crippen LogP contribution in [0, 0.1) is 6.92 Å². The van der Waals surface area contributed by atoms with Crippen LogP contribution >= 0.6 is 0 Å². The second-order valence-electron chi connectivity index (χ2n) is 3.27. The molecule has 0 radical (unpaired) electrons. The predicted octanol–water partition coefficient (Wildman–Crippen LogP) is 0.630. The lowest BCUT2D eigenvalue weighted by Crippen LogP contribution is -2.31. The Kier molecular flexibility index (Phi) is 4.40. The molecule has 0 aliphatic heterocycles. The van der Waals surface area contributed by atoms with Gasteiger partial charge in [-0.15, -0.1) is 0 Å². The molecule has 0 saturated carbocycles. The van der Waals surface area contributed by atoms with Crippen molar-refractivity contribution in [3.05, 3.63) is 35.9 Å². The van der Waals surface area contributed by atoms with E-state index < -0.39 is 7.12 Å². The molecule has 4 heteroatoms. The Hall–Kier alpha value is -1.26. The van der Waals surface area contributed by atoms with Gasteiger partial charge in [-0.3, -0.25) is 0 Å². The highest BCUT2D eigenvalue weighted by molar-refractivity contribution is 6.59. The van der Waals surface area contributed by atoms with Crippen LogP contribution in [-0.2, 0) is 0 Å². The van der Waals surface area contributed by atoms with Crippen molar-refractivity contribution in [2.24, 2.45) is 0 Å². The first-order valence-corrected chi connectivity index (χ1v) is 4.85. The summed E-state index contributed by atoms with van der Waals surface area (Å²) in [4.78, 5) is 0. The minimum absolute atomic E-state index is 0.508. The Morgan fingerprint density at radius 1 is 1.40 bits per heavy atom. The predicted molar refractivity (Wildman–Crippen MR) is 61.3 cm³/mol. The molecular weight excluding hydrogens is 191 g/mol. The molecule has 3 nitrogen and oxygen atoms in total. The van der Waals surface area contributed by atoms with Gasteiger partial charge in [0, 0.05) is 0 Å². The molecule has 1 rings (SSSR count). The van der Waals surface area contributed by atoms with Gasteiger partial charge in [0.2, 0.25) is 0 Å². The highest BCUT2D eigenvalue weighted by atomic mass is 16.5. The van der Waals surface area contributed by atoms with Gasteiger partial charge in [0.15, 0.2) is 0 Å². The Balaban J connectivity index is 2.73. The van der Waals surface area contributed by atoms with Gasteiger partial charge >= 0.3 is 7.12 Å². The summed E-state index contributed by atoms with van der Waals surface area (Å²) >= 11 is 0. The minimum atomic E-state index is -1.42. The summed E-state index contributed by atoms with van der Waals surface area (Å²) in [7, 11) is -1.42. The first-order valence-electron chi connectivity index (χ1n) is 4.85. The molecular formula is C11H15BO3. The fourth-order valence-electron chi connectivity index (χ4n) is 1.27. The van der Waals surface area contributed by atoms with Crippen molar-refractivity contribution in [2.45, 2.75) is 13.8 Å². The van der Waals surface area contributed by atoms with E-state index in [1.807, 2.05) is 26.0 Å². The van der Waals surface area contributed by atoms with Crippen LogP contribution in [0.5, 0.6) is 5.75 Å². The number of ether oxygens (including phenoxy) is 1. The van der Waals surface area contributed by atoms with Crippen molar-refractivity contribution in [1.29, 1.82) is 0 Å². The van der Waals surface area contributed by atoms with Crippen LogP contribution in [0.2, 0.25) is 0 Å². The molecule has 0 spiro atoms. The molecule has 0 saturated heterocycles. The van der Waals surface area contributed by atoms with Crippen molar-refractivity contribution in [3.63, 3.8) is 0 Å². The van der Waals surface area contributed by atoms with E-state index in [-0.39, 0.29) is 0 Å². The number of allylic oxidation sites excluding steroid dienone is 1. The van der Waals surface area contributed by atoms with Crippen LogP contribution in [0.4, 0.5) is 0 Å². The lowest BCUT2D eigenvalue weighted by molar-refractivity contribution is 0.362. The summed E-state index contributed by atoms with van der Waals surface area (Å²) in [5.74, 6) is 0.731. The molecule has 0 atom stereocenters. The Morgan fingerprint density at radius 2 is 2.13 bits per heavy atom. The summed E-state index contributed by atoms with van der Waals surface area (Å²) in [6, 6.07) is 5.18. The number of aryl methyl sites for hydroxylation is 1. The maximum absolute atomic E-state index is 9.01. The van der Waals surface area contributed by atoms with Crippen molar-refractivity contribution < 1.29 is 14.8 Å². The molecule has 0 aliphatic rings. The molecule has 0 fully saturated rings. The molecule has 0 heterocycles. The van der Waals surface area contributed by atoms with E-state index >= 15 is 0 Å². The third-order valence-corrected chi connectivity index (χ3v) is 2.10. The number of hydrogen-bond donors (Lipinski definition) is 2. The van der Waals surface area contributed by atoms with Gasteiger partial charge in [0.05, 0.1) is 0 Å². The standard InChI is InChI=1S/C11H15BO3/c1-3-4-7-15-10-5-6-11(12(13)14)9(2)8-10/h3-6,8,13-14H,7H2,1-2H3/b4-3+. The third kappa shape index (κ3) is 3.42. The summed E-state index contributed by atoms with van der Waals surface area (Å²) in [6.07, 6.45) is 3.82. The zero-order chi connectivity index (χ0) is 11.3. The molecule has 0 bridgehead atoms. The van der Waals surface area contributed by atoms with Gasteiger partial charge in [0.25, 0.3) is 0 Å². The fourth-order valence-corrected chi connectivity index (χ4v) is 1.27. The monoisotopic (exact) mass is 206 g/mol. The maximum Gasteiger partial charge on any atom is 0.488 e. The van der Waals surface area contributed by atoms with Gasteiger partial charge in [-0.1, -0.05) is 18.2 Å². The Bertz CT molecular complexity index is 348. The molecule has 80 valence electrons. The minimum Gasteiger partial charge on any atom is -0.490 e. The Labute approximate surface area is 90.2 Å². The van der Waals surface area contributed by atoms with E-state index in [4.69, 9.17) is 14.8 Å². The zero-order valence-electron chi connectivity index (χ0n) is 8.97. The van der Waals surface area contributed by atoms with Crippen molar-refractivity contribution in [1.82, 2.24) is 0 Å². The normalized spacial score (nSPS) is 10.7. The molecule has 15 heavy (non-hydrogen) atoms. The van der Waals surface area contributed by atoms with Gasteiger partial charge in [-0.2, -0.15) is 0 Å². The molecule has 1 aromatic rings. The van der Waals surface area contributed by atoms with E-state index in [0.29, 0.717) is 12.1 Å². The average Bonchev–Trinajstić information content (AvgIpc) is 2.17. The van der Waals surface area contributed by atoms with Gasteiger partial charge in [0.1, 0.15) is 12.4 Å². The van der Waals surface area contributed by atoms with Crippen molar-refractivity contribution >= 4 is 12.6 Å². The Morgan fingerprint density at radius 3 is 2.67 bits per heavy atom. The smallest absolute Gasteiger partial charge is 0.488 e. The number of benzene rings is 1. The molecule has 1 aromatic carbocycles. The van der Waals surface area contributed by atoms with E-state index in [1.54, 1.807) is 18.2 Å². The zero-order valence-corrected chi connectivity index (χ0v) is 8.97. The van der Waals surface area contributed by atoms with Crippen LogP contribution in [0.3, 0.4) is 0 Å². The lowest BCUT2D eigenvalue weighted by atomic mass is 9.77. The van der Waals surface area contributed by atoms with Crippen LogP contribution in [-0.4, -0.2) is 23.8 Å². The second kappa shape index (κ2) is 5.58. The number of hydrogen-bond acceptors (Lipinski definition) is 3. The van der Waals surface area contributed by atoms with Crippen molar-refractivity contribution in [3.8, 4) is 5.75 Å². The first kappa shape index (κ1) is 11.8. The van der Waals surface area contributed by atoms with Gasteiger partial charge in [-0.25, -0.2) is 0 Å². The SMILES string of the molecule is C/C=C/COc1ccc(B(O)O)c(C)c1. The van der Waals surface area contributed by atoms with Gasteiger partial charge < -0.3 is 14.8 Å². The summed E-state index contributed by atoms with van der Waals surface area (Å²) in [5, 5.41) is 18.0. The molecule has 0 aromatic heterocycles. The maximum atomic E-state index is 9.01. The largest absolute Gasteiger partial charge is 0.490 e. The highest BCUT2D eigenvalue weighted by Crippen LogP contribution is 2.11. The van der Waals surface area contributed by atoms with E-state index in [9.17, 15) is 0 Å². The van der Waals surface area contributed by atoms with Crippen molar-refractivity contribution in [2.75, 3.05) is 6.61 Å². The van der Waals surface area contributed by atoms with Gasteiger partial charge in [-0.05, 0) is 37.0 Å². The summed E-state index contributed by atoms with van der Waals surface area (Å²) < 4.78 is 5.41. The quantitative estimate of drug-likeness (QED) is 0.561. The number of rotatable bonds is 4. The fraction of sp³-hybridized carbons (Fsp3) is 0.273. The van der Waals surface area contributed by atoms with Crippen LogP contribution in [0.15, 0.2) is 30.4 Å². The highest BCUT2D eigenvalue weighted by Gasteiger charge is 2.13. The molecule has 0 unspecified atom stereocenters. The van der Waals surface area contributed by atoms with Crippen LogP contribution in [0.25, 0.3) is 0 Å². The van der Waals surface area contributed by atoms with Crippen LogP contribution in [0.1, 0.15) is 12.5 Å². The second-order valence-corrected chi connectivity index (χ2v) is 3.27. The summed E-state index contributed by atoms with van der Waals surface area (Å²) in [6.45, 7) is 4.27. The van der Waals surface area contributed by atoms with Crippen LogP contribution < -0.4 is 10.2 Å².